The molecular formula is C7H14N2. The Balaban J connectivity index is 2.90. The van der Waals surface area contributed by atoms with Gasteiger partial charge in [-0.2, -0.15) is 10.2 Å². The van der Waals surface area contributed by atoms with E-state index >= 15 is 0 Å². The lowest BCUT2D eigenvalue weighted by molar-refractivity contribution is 0.712. The molecule has 0 atom stereocenters. The summed E-state index contributed by atoms with van der Waals surface area (Å²) in [5.74, 6) is 0. The summed E-state index contributed by atoms with van der Waals surface area (Å²) < 4.78 is 0. The molecule has 0 rings (SSSR count). The molecule has 2 nitrogen and oxygen atoms in total. The molecular weight excluding hydrogens is 112 g/mol. The van der Waals surface area contributed by atoms with E-state index in [1.54, 1.807) is 0 Å². The Hall–Kier alpha value is -0.660. The van der Waals surface area contributed by atoms with E-state index in [0.717, 1.165) is 13.0 Å². The van der Waals surface area contributed by atoms with Crippen LogP contribution in [0.1, 0.15) is 26.2 Å². The van der Waals surface area contributed by atoms with Crippen LogP contribution in [-0.4, -0.2) is 6.54 Å². The van der Waals surface area contributed by atoms with Gasteiger partial charge in [-0.25, -0.2) is 0 Å². The van der Waals surface area contributed by atoms with Crippen molar-refractivity contribution >= 4 is 0 Å². The lowest BCUT2D eigenvalue weighted by Crippen LogP contribution is -1.77. The molecule has 0 saturated carbocycles. The lowest BCUT2D eigenvalue weighted by Gasteiger charge is -1.88. The molecule has 0 fully saturated rings. The fraction of sp³-hybridized carbons (Fsp3) is 0.714. The molecule has 0 unspecified atom stereocenters. The Bertz CT molecular complexity index is 86.9. The van der Waals surface area contributed by atoms with Gasteiger partial charge < -0.3 is 0 Å². The van der Waals surface area contributed by atoms with Gasteiger partial charge >= 0.3 is 0 Å². The summed E-state index contributed by atoms with van der Waals surface area (Å²) in [6.45, 7) is 6.44. The highest BCUT2D eigenvalue weighted by atomic mass is 15.1. The molecule has 9 heavy (non-hydrogen) atoms. The van der Waals surface area contributed by atoms with Crippen LogP contribution in [-0.2, 0) is 0 Å². The predicted octanol–water partition coefficient (Wildman–Crippen LogP) is 2.77. The molecule has 0 aliphatic carbocycles. The van der Waals surface area contributed by atoms with Crippen LogP contribution in [0.25, 0.3) is 0 Å². The molecule has 0 aromatic heterocycles. The average Bonchev–Trinajstić information content (AvgIpc) is 1.89. The van der Waals surface area contributed by atoms with Gasteiger partial charge in [0.15, 0.2) is 0 Å². The predicted molar refractivity (Wildman–Crippen MR) is 39.4 cm³/mol. The zero-order chi connectivity index (χ0) is 6.95. The fourth-order valence-corrected chi connectivity index (χ4v) is 0.548. The highest BCUT2D eigenvalue weighted by Crippen LogP contribution is 1.93. The van der Waals surface area contributed by atoms with Gasteiger partial charge in [0.2, 0.25) is 0 Å². The second-order valence-corrected chi connectivity index (χ2v) is 1.87. The summed E-state index contributed by atoms with van der Waals surface area (Å²) in [6, 6.07) is 0. The Kier molecular flexibility index (Phi) is 6.80. The maximum absolute atomic E-state index is 3.83. The number of hydrogen-bond donors (Lipinski definition) is 0. The van der Waals surface area contributed by atoms with Crippen molar-refractivity contribution in [3.05, 3.63) is 12.8 Å². The molecule has 0 spiro atoms. The molecule has 0 amide bonds. The standard InChI is InChI=1S/C7H14N2/c1-3-5-6-7-9-8-4-2/h4H,2-3,5-7H2,1H3. The number of azo groups is 1. The van der Waals surface area contributed by atoms with Crippen molar-refractivity contribution in [1.29, 1.82) is 0 Å². The van der Waals surface area contributed by atoms with Crippen LogP contribution in [0.2, 0.25) is 0 Å². The maximum Gasteiger partial charge on any atom is 0.0603 e. The summed E-state index contributed by atoms with van der Waals surface area (Å²) >= 11 is 0. The van der Waals surface area contributed by atoms with Crippen LogP contribution < -0.4 is 0 Å². The second kappa shape index (κ2) is 7.34. The first-order chi connectivity index (χ1) is 4.41. The largest absolute Gasteiger partial charge is 0.189 e. The first-order valence-corrected chi connectivity index (χ1v) is 3.39. The van der Waals surface area contributed by atoms with Gasteiger partial charge in [0.25, 0.3) is 0 Å². The molecule has 52 valence electrons. The van der Waals surface area contributed by atoms with Crippen LogP contribution in [0.4, 0.5) is 0 Å². The Morgan fingerprint density at radius 2 is 2.22 bits per heavy atom. The summed E-state index contributed by atoms with van der Waals surface area (Å²) in [7, 11) is 0. The Morgan fingerprint density at radius 1 is 1.44 bits per heavy atom. The second-order valence-electron chi connectivity index (χ2n) is 1.87. The summed E-state index contributed by atoms with van der Waals surface area (Å²) in [5.41, 5.74) is 0. The molecule has 0 aromatic rings. The lowest BCUT2D eigenvalue weighted by atomic mass is 10.3. The molecule has 0 aliphatic heterocycles. The summed E-state index contributed by atoms with van der Waals surface area (Å²) in [6.07, 6.45) is 5.10. The van der Waals surface area contributed by atoms with Gasteiger partial charge in [-0.3, -0.25) is 0 Å². The topological polar surface area (TPSA) is 24.7 Å². The van der Waals surface area contributed by atoms with Crippen LogP contribution in [0.15, 0.2) is 23.0 Å². The molecule has 0 aromatic carbocycles. The number of rotatable bonds is 5. The number of nitrogens with zero attached hydrogens (tertiary/aromatic N) is 2. The van der Waals surface area contributed by atoms with Gasteiger partial charge in [0.05, 0.1) is 6.54 Å². The smallest absolute Gasteiger partial charge is 0.0603 e. The van der Waals surface area contributed by atoms with Crippen molar-refractivity contribution in [3.63, 3.8) is 0 Å². The van der Waals surface area contributed by atoms with Crippen LogP contribution in [0.3, 0.4) is 0 Å². The van der Waals surface area contributed by atoms with E-state index in [2.05, 4.69) is 23.7 Å². The third-order valence-corrected chi connectivity index (χ3v) is 1.02. The van der Waals surface area contributed by atoms with Crippen molar-refractivity contribution in [3.8, 4) is 0 Å². The first kappa shape index (κ1) is 8.34. The third-order valence-electron chi connectivity index (χ3n) is 1.02. The Labute approximate surface area is 56.7 Å². The van der Waals surface area contributed by atoms with Gasteiger partial charge in [-0.1, -0.05) is 26.3 Å². The number of unbranched alkanes of at least 4 members (excludes halogenated alkanes) is 2. The fourth-order valence-electron chi connectivity index (χ4n) is 0.548. The summed E-state index contributed by atoms with van der Waals surface area (Å²) in [4.78, 5) is 0. The van der Waals surface area contributed by atoms with Crippen molar-refractivity contribution in [2.45, 2.75) is 26.2 Å². The zero-order valence-corrected chi connectivity index (χ0v) is 6.01. The quantitative estimate of drug-likeness (QED) is 0.399. The highest BCUT2D eigenvalue weighted by molar-refractivity contribution is 4.57. The molecule has 0 saturated heterocycles. The molecule has 0 radical (unpaired) electrons. The molecule has 0 aliphatic rings. The summed E-state index contributed by atoms with van der Waals surface area (Å²) in [5, 5.41) is 7.47. The van der Waals surface area contributed by atoms with Crippen molar-refractivity contribution in [2.24, 2.45) is 10.2 Å². The minimum Gasteiger partial charge on any atom is -0.189 e. The SMILES string of the molecule is C=CN=NCCCCC. The molecule has 0 N–H and O–H groups in total. The van der Waals surface area contributed by atoms with E-state index in [0.29, 0.717) is 0 Å². The van der Waals surface area contributed by atoms with Crippen LogP contribution >= 0.6 is 0 Å². The van der Waals surface area contributed by atoms with E-state index in [1.807, 2.05) is 0 Å². The van der Waals surface area contributed by atoms with E-state index in [9.17, 15) is 0 Å². The number of hydrogen-bond acceptors (Lipinski definition) is 2. The first-order valence-electron chi connectivity index (χ1n) is 3.39. The minimum absolute atomic E-state index is 0.847. The monoisotopic (exact) mass is 126 g/mol. The Morgan fingerprint density at radius 3 is 2.78 bits per heavy atom. The van der Waals surface area contributed by atoms with E-state index in [-0.39, 0.29) is 0 Å². The van der Waals surface area contributed by atoms with Crippen molar-refractivity contribution in [2.75, 3.05) is 6.54 Å². The third kappa shape index (κ3) is 7.34. The van der Waals surface area contributed by atoms with E-state index < -0.39 is 0 Å². The van der Waals surface area contributed by atoms with Gasteiger partial charge in [-0.05, 0) is 6.42 Å². The van der Waals surface area contributed by atoms with Crippen molar-refractivity contribution < 1.29 is 0 Å². The van der Waals surface area contributed by atoms with Gasteiger partial charge in [-0.15, -0.1) is 0 Å². The van der Waals surface area contributed by atoms with Gasteiger partial charge in [0, 0.05) is 6.20 Å². The van der Waals surface area contributed by atoms with E-state index in [4.69, 9.17) is 0 Å². The maximum atomic E-state index is 3.83. The molecule has 0 heterocycles. The van der Waals surface area contributed by atoms with E-state index in [1.165, 1.54) is 19.0 Å². The van der Waals surface area contributed by atoms with Crippen LogP contribution in [0.5, 0.6) is 0 Å². The molecule has 0 bridgehead atoms. The van der Waals surface area contributed by atoms with Crippen molar-refractivity contribution in [1.82, 2.24) is 0 Å². The van der Waals surface area contributed by atoms with Gasteiger partial charge in [0.1, 0.15) is 0 Å². The molecule has 2 heteroatoms. The highest BCUT2D eigenvalue weighted by Gasteiger charge is 1.80. The zero-order valence-electron chi connectivity index (χ0n) is 6.01. The average molecular weight is 126 g/mol. The normalized spacial score (nSPS) is 10.3. The van der Waals surface area contributed by atoms with Crippen LogP contribution in [0, 0.1) is 0 Å². The minimum atomic E-state index is 0.847.